The van der Waals surface area contributed by atoms with Crippen molar-refractivity contribution in [3.63, 3.8) is 0 Å². The quantitative estimate of drug-likeness (QED) is 0.814. The molecule has 20 heavy (non-hydrogen) atoms. The Morgan fingerprint density at radius 3 is 2.60 bits per heavy atom. The Kier molecular flexibility index (Phi) is 4.75. The highest BCUT2D eigenvalue weighted by atomic mass is 32.2. The molecule has 0 radical (unpaired) electrons. The Labute approximate surface area is 119 Å². The first-order valence-electron chi connectivity index (χ1n) is 6.55. The lowest BCUT2D eigenvalue weighted by Crippen LogP contribution is -2.31. The van der Waals surface area contributed by atoms with Crippen LogP contribution in [-0.2, 0) is 10.0 Å². The summed E-state index contributed by atoms with van der Waals surface area (Å²) >= 11 is 0. The van der Waals surface area contributed by atoms with Gasteiger partial charge >= 0.3 is 0 Å². The number of aryl methyl sites for hydroxylation is 1. The van der Waals surface area contributed by atoms with Crippen molar-refractivity contribution in [2.45, 2.75) is 19.4 Å². The van der Waals surface area contributed by atoms with E-state index in [4.69, 9.17) is 5.11 Å². The molecule has 1 aliphatic carbocycles. The van der Waals surface area contributed by atoms with Crippen LogP contribution in [0.25, 0.3) is 6.08 Å². The van der Waals surface area contributed by atoms with Gasteiger partial charge in [0.25, 0.3) is 0 Å². The summed E-state index contributed by atoms with van der Waals surface area (Å²) in [6.07, 6.45) is 5.81. The number of aliphatic hydroxyl groups excluding tert-OH is 1. The molecule has 5 heteroatoms. The van der Waals surface area contributed by atoms with E-state index in [1.54, 1.807) is 12.2 Å². The predicted octanol–water partition coefficient (Wildman–Crippen LogP) is 1.82. The van der Waals surface area contributed by atoms with Gasteiger partial charge in [0, 0.05) is 24.0 Å². The minimum absolute atomic E-state index is 0.0452. The van der Waals surface area contributed by atoms with Crippen molar-refractivity contribution in [1.82, 2.24) is 4.72 Å². The third kappa shape index (κ3) is 4.30. The van der Waals surface area contributed by atoms with Gasteiger partial charge in [-0.3, -0.25) is 0 Å². The van der Waals surface area contributed by atoms with E-state index in [0.29, 0.717) is 6.42 Å². The van der Waals surface area contributed by atoms with Gasteiger partial charge in [0.05, 0.1) is 0 Å². The van der Waals surface area contributed by atoms with Crippen molar-refractivity contribution < 1.29 is 13.5 Å². The average Bonchev–Trinajstić information content (AvgIpc) is 2.85. The first-order valence-corrected chi connectivity index (χ1v) is 8.09. The summed E-state index contributed by atoms with van der Waals surface area (Å²) in [5, 5.41) is 10.2. The summed E-state index contributed by atoms with van der Waals surface area (Å²) in [5.74, 6) is 0.0452. The van der Waals surface area contributed by atoms with Gasteiger partial charge in [0.2, 0.25) is 10.0 Å². The topological polar surface area (TPSA) is 66.4 Å². The molecule has 4 nitrogen and oxygen atoms in total. The van der Waals surface area contributed by atoms with Crippen LogP contribution in [0.15, 0.2) is 41.8 Å². The molecule has 108 valence electrons. The van der Waals surface area contributed by atoms with E-state index in [0.717, 1.165) is 11.1 Å². The van der Waals surface area contributed by atoms with Crippen LogP contribution >= 0.6 is 0 Å². The molecule has 0 heterocycles. The van der Waals surface area contributed by atoms with Gasteiger partial charge < -0.3 is 5.11 Å². The minimum atomic E-state index is -3.47. The second kappa shape index (κ2) is 6.35. The third-order valence-corrected chi connectivity index (χ3v) is 4.37. The number of hydrogen-bond acceptors (Lipinski definition) is 3. The van der Waals surface area contributed by atoms with Gasteiger partial charge in [0.1, 0.15) is 0 Å². The molecule has 1 aliphatic rings. The summed E-state index contributed by atoms with van der Waals surface area (Å²) in [5.41, 5.74) is 1.98. The number of sulfonamides is 1. The molecular weight excluding hydrogens is 274 g/mol. The highest BCUT2D eigenvalue weighted by Crippen LogP contribution is 2.18. The lowest BCUT2D eigenvalue weighted by molar-refractivity contribution is 0.248. The smallest absolute Gasteiger partial charge is 0.234 e. The molecule has 0 aliphatic heterocycles. The number of nitrogens with one attached hydrogen (secondary N) is 1. The van der Waals surface area contributed by atoms with Crippen LogP contribution in [0.2, 0.25) is 0 Å². The Morgan fingerprint density at radius 1 is 1.30 bits per heavy atom. The molecule has 0 saturated carbocycles. The van der Waals surface area contributed by atoms with Gasteiger partial charge in [-0.2, -0.15) is 0 Å². The molecule has 0 aromatic heterocycles. The molecule has 2 N–H and O–H groups in total. The zero-order valence-corrected chi connectivity index (χ0v) is 12.2. The van der Waals surface area contributed by atoms with E-state index in [2.05, 4.69) is 4.72 Å². The SMILES string of the molecule is Cc1ccc(/C=C/S(=O)(=O)N[C@@H]2C=C[C@H](CO)C2)cc1. The average molecular weight is 293 g/mol. The van der Waals surface area contributed by atoms with E-state index in [9.17, 15) is 8.42 Å². The maximum Gasteiger partial charge on any atom is 0.234 e. The van der Waals surface area contributed by atoms with Crippen LogP contribution < -0.4 is 4.72 Å². The molecule has 0 fully saturated rings. The Hall–Kier alpha value is -1.43. The van der Waals surface area contributed by atoms with Crippen LogP contribution in [0.4, 0.5) is 0 Å². The third-order valence-electron chi connectivity index (χ3n) is 3.24. The summed E-state index contributed by atoms with van der Waals surface area (Å²) in [7, 11) is -3.47. The Morgan fingerprint density at radius 2 is 2.00 bits per heavy atom. The van der Waals surface area contributed by atoms with E-state index >= 15 is 0 Å². The van der Waals surface area contributed by atoms with Crippen LogP contribution in [0, 0.1) is 12.8 Å². The number of rotatable bonds is 5. The monoisotopic (exact) mass is 293 g/mol. The van der Waals surface area contributed by atoms with Crippen molar-refractivity contribution in [2.75, 3.05) is 6.61 Å². The van der Waals surface area contributed by atoms with Crippen molar-refractivity contribution >= 4 is 16.1 Å². The molecule has 0 spiro atoms. The molecule has 0 saturated heterocycles. The normalized spacial score (nSPS) is 22.7. The van der Waals surface area contributed by atoms with Gasteiger partial charge in [-0.25, -0.2) is 13.1 Å². The lowest BCUT2D eigenvalue weighted by atomic mass is 10.1. The zero-order valence-electron chi connectivity index (χ0n) is 11.4. The fraction of sp³-hybridized carbons (Fsp3) is 0.333. The van der Waals surface area contributed by atoms with Gasteiger partial charge in [0.15, 0.2) is 0 Å². The number of hydrogen-bond donors (Lipinski definition) is 2. The van der Waals surface area contributed by atoms with E-state index in [1.807, 2.05) is 37.3 Å². The van der Waals surface area contributed by atoms with Crippen LogP contribution in [0.1, 0.15) is 17.5 Å². The molecule has 1 aromatic rings. The second-order valence-electron chi connectivity index (χ2n) is 5.05. The summed E-state index contributed by atoms with van der Waals surface area (Å²) in [4.78, 5) is 0. The summed E-state index contributed by atoms with van der Waals surface area (Å²) < 4.78 is 26.4. The van der Waals surface area contributed by atoms with Gasteiger partial charge in [-0.15, -0.1) is 0 Å². The van der Waals surface area contributed by atoms with Crippen molar-refractivity contribution in [3.8, 4) is 0 Å². The van der Waals surface area contributed by atoms with Crippen molar-refractivity contribution in [3.05, 3.63) is 53.0 Å². The van der Waals surface area contributed by atoms with E-state index in [1.165, 1.54) is 5.41 Å². The van der Waals surface area contributed by atoms with Crippen molar-refractivity contribution in [1.29, 1.82) is 0 Å². The molecule has 0 unspecified atom stereocenters. The zero-order chi connectivity index (χ0) is 14.6. The number of benzene rings is 1. The Bertz CT molecular complexity index is 603. The molecule has 2 rings (SSSR count). The van der Waals surface area contributed by atoms with Crippen LogP contribution in [0.5, 0.6) is 0 Å². The van der Waals surface area contributed by atoms with Crippen LogP contribution in [-0.4, -0.2) is 26.2 Å². The summed E-state index contributed by atoms with van der Waals surface area (Å²) in [6, 6.07) is 7.38. The van der Waals surface area contributed by atoms with E-state index < -0.39 is 10.0 Å². The minimum Gasteiger partial charge on any atom is -0.396 e. The predicted molar refractivity (Wildman–Crippen MR) is 80.4 cm³/mol. The molecule has 0 bridgehead atoms. The maximum atomic E-state index is 11.9. The fourth-order valence-corrected chi connectivity index (χ4v) is 3.10. The highest BCUT2D eigenvalue weighted by molar-refractivity contribution is 7.92. The van der Waals surface area contributed by atoms with Crippen molar-refractivity contribution in [2.24, 2.45) is 5.92 Å². The fourth-order valence-electron chi connectivity index (χ4n) is 2.09. The van der Waals surface area contributed by atoms with Crippen LogP contribution in [0.3, 0.4) is 0 Å². The molecular formula is C15H19NO3S. The largest absolute Gasteiger partial charge is 0.396 e. The lowest BCUT2D eigenvalue weighted by Gasteiger charge is -2.10. The summed E-state index contributed by atoms with van der Waals surface area (Å²) in [6.45, 7) is 2.03. The molecule has 2 atom stereocenters. The van der Waals surface area contributed by atoms with Gasteiger partial charge in [-0.05, 0) is 25.0 Å². The first kappa shape index (κ1) is 15.0. The van der Waals surface area contributed by atoms with Gasteiger partial charge in [-0.1, -0.05) is 42.0 Å². The highest BCUT2D eigenvalue weighted by Gasteiger charge is 2.21. The second-order valence-corrected chi connectivity index (χ2v) is 6.64. The number of aliphatic hydroxyl groups is 1. The molecule has 0 amide bonds. The standard InChI is InChI=1S/C15H19NO3S/c1-12-2-4-13(5-3-12)8-9-20(18,19)16-15-7-6-14(10-15)11-17/h2-9,14-17H,10-11H2,1H3/b9-8+/t14-,15+/m0/s1. The molecule has 1 aromatic carbocycles. The Balaban J connectivity index is 1.97. The maximum absolute atomic E-state index is 11.9. The van der Waals surface area contributed by atoms with E-state index in [-0.39, 0.29) is 18.6 Å². The first-order chi connectivity index (χ1) is 9.48.